The van der Waals surface area contributed by atoms with Crippen LogP contribution in [0.15, 0.2) is 47.4 Å². The molecule has 0 aliphatic carbocycles. The number of nitrogens with one attached hydrogen (secondary N) is 1. The third-order valence-corrected chi connectivity index (χ3v) is 6.36. The normalized spacial score (nSPS) is 17.7. The van der Waals surface area contributed by atoms with Crippen molar-refractivity contribution in [1.29, 1.82) is 0 Å². The predicted molar refractivity (Wildman–Crippen MR) is 103 cm³/mol. The van der Waals surface area contributed by atoms with Gasteiger partial charge in [-0.1, -0.05) is 23.7 Å². The molecule has 2 aromatic carbocycles. The summed E-state index contributed by atoms with van der Waals surface area (Å²) in [6.45, 7) is 4.34. The van der Waals surface area contributed by atoms with Gasteiger partial charge in [0.25, 0.3) is 0 Å². The molecule has 3 rings (SSSR count). The topological polar surface area (TPSA) is 66.5 Å². The molecule has 5 nitrogen and oxygen atoms in total. The first-order chi connectivity index (χ1) is 12.3. The molecule has 138 valence electrons. The van der Waals surface area contributed by atoms with E-state index in [1.54, 1.807) is 48.2 Å². The lowest BCUT2D eigenvalue weighted by molar-refractivity contribution is -0.117. The van der Waals surface area contributed by atoms with E-state index < -0.39 is 10.0 Å². The summed E-state index contributed by atoms with van der Waals surface area (Å²) in [4.78, 5) is 14.2. The van der Waals surface area contributed by atoms with Crippen molar-refractivity contribution in [1.82, 2.24) is 4.72 Å². The number of rotatable bonds is 5. The van der Waals surface area contributed by atoms with Gasteiger partial charge in [-0.2, -0.15) is 0 Å². The summed E-state index contributed by atoms with van der Waals surface area (Å²) >= 11 is 5.89. The number of hydrogen-bond donors (Lipinski definition) is 1. The van der Waals surface area contributed by atoms with E-state index in [1.165, 1.54) is 0 Å². The minimum atomic E-state index is -3.60. The van der Waals surface area contributed by atoms with Gasteiger partial charge in [-0.05, 0) is 61.2 Å². The second kappa shape index (κ2) is 7.39. The number of carbonyl (C=O) groups is 1. The molecule has 2 aromatic rings. The van der Waals surface area contributed by atoms with E-state index in [9.17, 15) is 13.2 Å². The van der Waals surface area contributed by atoms with Crippen LogP contribution in [0.3, 0.4) is 0 Å². The number of nitrogens with zero attached hydrogens (tertiary/aromatic N) is 1. The van der Waals surface area contributed by atoms with Crippen LogP contribution < -0.4 is 9.62 Å². The van der Waals surface area contributed by atoms with Crippen molar-refractivity contribution in [3.8, 4) is 0 Å². The van der Waals surface area contributed by atoms with Gasteiger partial charge >= 0.3 is 0 Å². The Kier molecular flexibility index (Phi) is 5.37. The predicted octanol–water partition coefficient (Wildman–Crippen LogP) is 3.29. The molecule has 0 radical (unpaired) electrons. The van der Waals surface area contributed by atoms with E-state index in [0.29, 0.717) is 23.6 Å². The molecule has 1 amide bonds. The van der Waals surface area contributed by atoms with Crippen LogP contribution in [0.25, 0.3) is 0 Å². The van der Waals surface area contributed by atoms with Crippen molar-refractivity contribution < 1.29 is 13.2 Å². The van der Waals surface area contributed by atoms with Crippen molar-refractivity contribution in [2.45, 2.75) is 25.2 Å². The van der Waals surface area contributed by atoms with E-state index >= 15 is 0 Å². The van der Waals surface area contributed by atoms with Gasteiger partial charge in [0.2, 0.25) is 15.9 Å². The van der Waals surface area contributed by atoms with Gasteiger partial charge in [0.15, 0.2) is 0 Å². The summed E-state index contributed by atoms with van der Waals surface area (Å²) in [6.07, 6.45) is 0.317. The fourth-order valence-electron chi connectivity index (χ4n) is 3.09. The van der Waals surface area contributed by atoms with Crippen LogP contribution in [0.1, 0.15) is 17.5 Å². The zero-order chi connectivity index (χ0) is 18.9. The molecular formula is C19H21ClN2O3S. The second-order valence-electron chi connectivity index (χ2n) is 6.67. The van der Waals surface area contributed by atoms with Crippen LogP contribution in [0.5, 0.6) is 0 Å². The monoisotopic (exact) mass is 392 g/mol. The Hall–Kier alpha value is -1.89. The first-order valence-electron chi connectivity index (χ1n) is 8.39. The molecule has 1 aliphatic heterocycles. The Morgan fingerprint density at radius 2 is 1.85 bits per heavy atom. The minimum absolute atomic E-state index is 0.0109. The zero-order valence-electron chi connectivity index (χ0n) is 14.7. The molecule has 1 fully saturated rings. The fourth-order valence-corrected chi connectivity index (χ4v) is 4.66. The van der Waals surface area contributed by atoms with Crippen LogP contribution in [-0.2, 0) is 14.8 Å². The van der Waals surface area contributed by atoms with Gasteiger partial charge in [-0.25, -0.2) is 13.1 Å². The average Bonchev–Trinajstić information content (AvgIpc) is 2.97. The molecule has 1 atom stereocenters. The molecule has 0 saturated carbocycles. The van der Waals surface area contributed by atoms with Gasteiger partial charge in [0.1, 0.15) is 0 Å². The van der Waals surface area contributed by atoms with Gasteiger partial charge in [-0.3, -0.25) is 4.79 Å². The van der Waals surface area contributed by atoms with Crippen LogP contribution in [0.2, 0.25) is 5.02 Å². The summed E-state index contributed by atoms with van der Waals surface area (Å²) in [5.74, 6) is -0.0821. The lowest BCUT2D eigenvalue weighted by Gasteiger charge is -2.17. The molecule has 0 spiro atoms. The number of benzene rings is 2. The number of carbonyl (C=O) groups excluding carboxylic acids is 1. The summed E-state index contributed by atoms with van der Waals surface area (Å²) in [5.41, 5.74) is 2.37. The molecule has 1 N–H and O–H groups in total. The van der Waals surface area contributed by atoms with Crippen LogP contribution >= 0.6 is 11.6 Å². The molecule has 1 saturated heterocycles. The maximum absolute atomic E-state index is 12.6. The third kappa shape index (κ3) is 4.09. The highest BCUT2D eigenvalue weighted by Crippen LogP contribution is 2.26. The van der Waals surface area contributed by atoms with E-state index in [0.717, 1.165) is 11.3 Å². The van der Waals surface area contributed by atoms with Crippen molar-refractivity contribution in [3.05, 3.63) is 58.6 Å². The summed E-state index contributed by atoms with van der Waals surface area (Å²) in [6, 6.07) is 12.4. The Bertz CT molecular complexity index is 926. The Morgan fingerprint density at radius 3 is 2.54 bits per heavy atom. The van der Waals surface area contributed by atoms with Gasteiger partial charge in [-0.15, -0.1) is 0 Å². The highest BCUT2D eigenvalue weighted by atomic mass is 35.5. The number of anilines is 1. The van der Waals surface area contributed by atoms with Crippen molar-refractivity contribution in [2.75, 3.05) is 18.0 Å². The highest BCUT2D eigenvalue weighted by Gasteiger charge is 2.31. The first kappa shape index (κ1) is 18.9. The average molecular weight is 393 g/mol. The molecule has 1 aliphatic rings. The second-order valence-corrected chi connectivity index (χ2v) is 8.84. The lowest BCUT2D eigenvalue weighted by atomic mass is 10.1. The molecule has 0 unspecified atom stereocenters. The van der Waals surface area contributed by atoms with E-state index in [2.05, 4.69) is 4.72 Å². The Morgan fingerprint density at radius 1 is 1.15 bits per heavy atom. The van der Waals surface area contributed by atoms with E-state index in [1.807, 2.05) is 13.0 Å². The van der Waals surface area contributed by atoms with Gasteiger partial charge in [0, 0.05) is 30.2 Å². The lowest BCUT2D eigenvalue weighted by Crippen LogP contribution is -2.31. The largest absolute Gasteiger partial charge is 0.312 e. The highest BCUT2D eigenvalue weighted by molar-refractivity contribution is 7.89. The third-order valence-electron chi connectivity index (χ3n) is 4.54. The van der Waals surface area contributed by atoms with Crippen molar-refractivity contribution >= 4 is 33.2 Å². The van der Waals surface area contributed by atoms with Gasteiger partial charge in [0.05, 0.1) is 4.90 Å². The Labute approximate surface area is 159 Å². The van der Waals surface area contributed by atoms with Gasteiger partial charge < -0.3 is 4.90 Å². The molecule has 26 heavy (non-hydrogen) atoms. The number of hydrogen-bond acceptors (Lipinski definition) is 3. The van der Waals surface area contributed by atoms with Crippen LogP contribution in [0.4, 0.5) is 5.69 Å². The fraction of sp³-hybridized carbons (Fsp3) is 0.316. The first-order valence-corrected chi connectivity index (χ1v) is 10.3. The number of amides is 1. The SMILES string of the molecule is Cc1ccc(C)c(S(=O)(=O)NC[C@@H]2CC(=O)N(c3ccc(Cl)cc3)C2)c1. The summed E-state index contributed by atoms with van der Waals surface area (Å²) < 4.78 is 27.9. The zero-order valence-corrected chi connectivity index (χ0v) is 16.3. The number of aryl methyl sites for hydroxylation is 2. The standard InChI is InChI=1S/C19H21ClN2O3S/c1-13-3-4-14(2)18(9-13)26(24,25)21-11-15-10-19(23)22(12-15)17-7-5-16(20)6-8-17/h3-9,15,21H,10-12H2,1-2H3/t15-/m0/s1. The van der Waals surface area contributed by atoms with Crippen LogP contribution in [-0.4, -0.2) is 27.4 Å². The maximum atomic E-state index is 12.6. The summed E-state index contributed by atoms with van der Waals surface area (Å²) in [5, 5.41) is 0.609. The molecule has 0 bridgehead atoms. The molecular weight excluding hydrogens is 372 g/mol. The quantitative estimate of drug-likeness (QED) is 0.849. The van der Waals surface area contributed by atoms with E-state index in [-0.39, 0.29) is 23.3 Å². The van der Waals surface area contributed by atoms with Crippen LogP contribution in [0, 0.1) is 19.8 Å². The van der Waals surface area contributed by atoms with Crippen molar-refractivity contribution in [3.63, 3.8) is 0 Å². The molecule has 1 heterocycles. The van der Waals surface area contributed by atoms with E-state index in [4.69, 9.17) is 11.6 Å². The molecule has 0 aromatic heterocycles. The smallest absolute Gasteiger partial charge is 0.240 e. The number of halogens is 1. The summed E-state index contributed by atoms with van der Waals surface area (Å²) in [7, 11) is -3.60. The van der Waals surface area contributed by atoms with Crippen molar-refractivity contribution in [2.24, 2.45) is 5.92 Å². The molecule has 7 heteroatoms. The Balaban J connectivity index is 1.68. The number of sulfonamides is 1. The minimum Gasteiger partial charge on any atom is -0.312 e. The maximum Gasteiger partial charge on any atom is 0.240 e.